The minimum atomic E-state index is -2.85. The Hall–Kier alpha value is -1.20. The minimum Gasteiger partial charge on any atom is -0.290 e. The van der Waals surface area contributed by atoms with Crippen molar-refractivity contribution in [1.29, 1.82) is 0 Å². The fourth-order valence-electron chi connectivity index (χ4n) is 2.27. The molecule has 0 bridgehead atoms. The van der Waals surface area contributed by atoms with Gasteiger partial charge in [-0.15, -0.1) is 6.58 Å². The number of pyridine rings is 1. The van der Waals surface area contributed by atoms with E-state index in [2.05, 4.69) is 16.5 Å². The van der Waals surface area contributed by atoms with Crippen LogP contribution < -0.4 is 0 Å². The molecule has 4 nitrogen and oxygen atoms in total. The lowest BCUT2D eigenvalue weighted by Gasteiger charge is -2.26. The van der Waals surface area contributed by atoms with Gasteiger partial charge in [-0.1, -0.05) is 12.1 Å². The van der Waals surface area contributed by atoms with Crippen LogP contribution in [0.4, 0.5) is 0 Å². The quantitative estimate of drug-likeness (QED) is 0.753. The summed E-state index contributed by atoms with van der Waals surface area (Å²) in [7, 11) is -2.85. The van der Waals surface area contributed by atoms with Gasteiger partial charge in [-0.2, -0.15) is 0 Å². The average molecular weight is 266 g/mol. The number of hydrogen-bond donors (Lipinski definition) is 0. The molecule has 18 heavy (non-hydrogen) atoms. The first kappa shape index (κ1) is 13.2. The maximum Gasteiger partial charge on any atom is 0.151 e. The molecule has 0 aromatic carbocycles. The molecule has 0 unspecified atom stereocenters. The lowest BCUT2D eigenvalue weighted by Crippen LogP contribution is -2.36. The molecule has 1 saturated heterocycles. The van der Waals surface area contributed by atoms with Crippen LogP contribution in [0, 0.1) is 0 Å². The molecule has 1 aliphatic rings. The molecule has 98 valence electrons. The molecular formula is C13H18N2O2S. The lowest BCUT2D eigenvalue weighted by atomic mass is 10.2. The van der Waals surface area contributed by atoms with Crippen LogP contribution in [0.1, 0.15) is 12.1 Å². The van der Waals surface area contributed by atoms with Gasteiger partial charge in [-0.05, 0) is 18.6 Å². The van der Waals surface area contributed by atoms with Gasteiger partial charge in [0.15, 0.2) is 9.84 Å². The van der Waals surface area contributed by atoms with Crippen LogP contribution in [0.3, 0.4) is 0 Å². The summed E-state index contributed by atoms with van der Waals surface area (Å²) in [6.07, 6.45) is 4.28. The van der Waals surface area contributed by atoms with E-state index in [9.17, 15) is 8.42 Å². The Labute approximate surface area is 108 Å². The summed E-state index contributed by atoms with van der Waals surface area (Å²) in [4.78, 5) is 6.42. The second kappa shape index (κ2) is 5.63. The second-order valence-electron chi connectivity index (χ2n) is 4.60. The van der Waals surface area contributed by atoms with Crippen molar-refractivity contribution in [3.05, 3.63) is 42.7 Å². The molecule has 1 aromatic rings. The number of nitrogens with zero attached hydrogens (tertiary/aromatic N) is 2. The first-order valence-electron chi connectivity index (χ1n) is 6.06. The predicted octanol–water partition coefficient (Wildman–Crippen LogP) is 1.26. The summed E-state index contributed by atoms with van der Waals surface area (Å²) in [6, 6.07) is 5.87. The zero-order valence-electron chi connectivity index (χ0n) is 10.3. The summed E-state index contributed by atoms with van der Waals surface area (Å²) in [5, 5.41) is 0. The van der Waals surface area contributed by atoms with Gasteiger partial charge in [0.25, 0.3) is 0 Å². The molecule has 0 N–H and O–H groups in total. The summed E-state index contributed by atoms with van der Waals surface area (Å²) in [5.74, 6) is 0.557. The van der Waals surface area contributed by atoms with Crippen LogP contribution in [0.15, 0.2) is 37.1 Å². The van der Waals surface area contributed by atoms with Gasteiger partial charge in [-0.3, -0.25) is 9.88 Å². The molecule has 1 aliphatic heterocycles. The predicted molar refractivity (Wildman–Crippen MR) is 71.9 cm³/mol. The molecule has 1 aromatic heterocycles. The molecule has 0 radical (unpaired) electrons. The standard InChI is InChI=1S/C13H18N2O2S/c1-2-8-15(10-12-5-3-4-7-14-12)13-6-9-18(16,17)11-13/h2-5,7,13H,1,6,8-11H2/t13-/m1/s1. The van der Waals surface area contributed by atoms with Gasteiger partial charge in [0.1, 0.15) is 0 Å². The molecule has 5 heteroatoms. The van der Waals surface area contributed by atoms with Gasteiger partial charge in [-0.25, -0.2) is 8.42 Å². The highest BCUT2D eigenvalue weighted by Crippen LogP contribution is 2.19. The summed E-state index contributed by atoms with van der Waals surface area (Å²) < 4.78 is 23.1. The molecular weight excluding hydrogens is 248 g/mol. The van der Waals surface area contributed by atoms with Crippen molar-refractivity contribution in [2.45, 2.75) is 19.0 Å². The van der Waals surface area contributed by atoms with Gasteiger partial charge in [0.2, 0.25) is 0 Å². The van der Waals surface area contributed by atoms with E-state index in [1.165, 1.54) is 0 Å². The number of rotatable bonds is 5. The minimum absolute atomic E-state index is 0.0926. The Morgan fingerprint density at radius 1 is 1.50 bits per heavy atom. The number of hydrogen-bond acceptors (Lipinski definition) is 4. The molecule has 1 fully saturated rings. The highest BCUT2D eigenvalue weighted by atomic mass is 32.2. The third kappa shape index (κ3) is 3.40. The highest BCUT2D eigenvalue weighted by Gasteiger charge is 2.31. The van der Waals surface area contributed by atoms with Crippen LogP contribution in [-0.4, -0.2) is 42.4 Å². The van der Waals surface area contributed by atoms with Crippen LogP contribution in [0.2, 0.25) is 0 Å². The highest BCUT2D eigenvalue weighted by molar-refractivity contribution is 7.91. The van der Waals surface area contributed by atoms with Crippen molar-refractivity contribution in [1.82, 2.24) is 9.88 Å². The van der Waals surface area contributed by atoms with Gasteiger partial charge in [0.05, 0.1) is 17.2 Å². The van der Waals surface area contributed by atoms with Crippen LogP contribution in [-0.2, 0) is 16.4 Å². The number of aromatic nitrogens is 1. The van der Waals surface area contributed by atoms with Crippen LogP contribution in [0.25, 0.3) is 0 Å². The van der Waals surface area contributed by atoms with E-state index in [0.717, 1.165) is 5.69 Å². The van der Waals surface area contributed by atoms with Crippen LogP contribution in [0.5, 0.6) is 0 Å². The maximum absolute atomic E-state index is 11.5. The molecule has 2 heterocycles. The van der Waals surface area contributed by atoms with Gasteiger partial charge in [0, 0.05) is 25.3 Å². The van der Waals surface area contributed by atoms with Crippen molar-refractivity contribution in [2.24, 2.45) is 0 Å². The summed E-state index contributed by atoms with van der Waals surface area (Å²) in [6.45, 7) is 5.10. The van der Waals surface area contributed by atoms with E-state index in [0.29, 0.717) is 25.3 Å². The Balaban J connectivity index is 2.07. The molecule has 0 amide bonds. The third-order valence-corrected chi connectivity index (χ3v) is 4.93. The topological polar surface area (TPSA) is 50.3 Å². The first-order chi connectivity index (χ1) is 8.61. The molecule has 0 aliphatic carbocycles. The Morgan fingerprint density at radius 2 is 2.33 bits per heavy atom. The smallest absolute Gasteiger partial charge is 0.151 e. The monoisotopic (exact) mass is 266 g/mol. The average Bonchev–Trinajstić information content (AvgIpc) is 2.70. The Bertz CT molecular complexity index is 499. The van der Waals surface area contributed by atoms with Crippen molar-refractivity contribution in [3.8, 4) is 0 Å². The van der Waals surface area contributed by atoms with E-state index < -0.39 is 9.84 Å². The van der Waals surface area contributed by atoms with E-state index >= 15 is 0 Å². The Morgan fingerprint density at radius 3 is 2.89 bits per heavy atom. The normalized spacial score (nSPS) is 22.2. The third-order valence-electron chi connectivity index (χ3n) is 3.18. The number of sulfone groups is 1. The molecule has 1 atom stereocenters. The van der Waals surface area contributed by atoms with Crippen molar-refractivity contribution >= 4 is 9.84 Å². The molecule has 0 spiro atoms. The largest absolute Gasteiger partial charge is 0.290 e. The van der Waals surface area contributed by atoms with Gasteiger partial charge >= 0.3 is 0 Å². The van der Waals surface area contributed by atoms with Crippen molar-refractivity contribution < 1.29 is 8.42 Å². The van der Waals surface area contributed by atoms with E-state index in [-0.39, 0.29) is 11.8 Å². The van der Waals surface area contributed by atoms with E-state index in [4.69, 9.17) is 0 Å². The molecule has 2 rings (SSSR count). The maximum atomic E-state index is 11.5. The summed E-state index contributed by atoms with van der Waals surface area (Å²) in [5.41, 5.74) is 0.962. The van der Waals surface area contributed by atoms with E-state index in [1.54, 1.807) is 6.20 Å². The van der Waals surface area contributed by atoms with E-state index in [1.807, 2.05) is 24.3 Å². The lowest BCUT2D eigenvalue weighted by molar-refractivity contribution is 0.224. The second-order valence-corrected chi connectivity index (χ2v) is 6.82. The van der Waals surface area contributed by atoms with Gasteiger partial charge < -0.3 is 0 Å². The fourth-order valence-corrected chi connectivity index (χ4v) is 4.03. The molecule has 0 saturated carbocycles. The van der Waals surface area contributed by atoms with Crippen molar-refractivity contribution in [2.75, 3.05) is 18.1 Å². The zero-order valence-corrected chi connectivity index (χ0v) is 11.1. The van der Waals surface area contributed by atoms with Crippen LogP contribution >= 0.6 is 0 Å². The zero-order chi connectivity index (χ0) is 13.0. The summed E-state index contributed by atoms with van der Waals surface area (Å²) >= 11 is 0. The van der Waals surface area contributed by atoms with Crippen molar-refractivity contribution in [3.63, 3.8) is 0 Å². The first-order valence-corrected chi connectivity index (χ1v) is 7.88. The Kier molecular flexibility index (Phi) is 4.14. The fraction of sp³-hybridized carbons (Fsp3) is 0.462. The SMILES string of the molecule is C=CCN(Cc1ccccn1)[C@@H]1CCS(=O)(=O)C1.